The Morgan fingerprint density at radius 1 is 1.38 bits per heavy atom. The monoisotopic (exact) mass is 231 g/mol. The summed E-state index contributed by atoms with van der Waals surface area (Å²) in [5.41, 5.74) is 0. The van der Waals surface area contributed by atoms with Crippen molar-refractivity contribution in [2.45, 2.75) is 51.7 Å². The van der Waals surface area contributed by atoms with Gasteiger partial charge in [-0.3, -0.25) is 9.59 Å². The van der Waals surface area contributed by atoms with Crippen molar-refractivity contribution in [1.29, 1.82) is 0 Å². The first-order chi connectivity index (χ1) is 7.49. The lowest BCUT2D eigenvalue weighted by Crippen LogP contribution is -2.37. The molecule has 0 saturated carbocycles. The van der Waals surface area contributed by atoms with Crippen molar-refractivity contribution in [3.63, 3.8) is 0 Å². The maximum Gasteiger partial charge on any atom is 0.305 e. The third-order valence-corrected chi connectivity index (χ3v) is 2.30. The number of carbonyl (C=O) groups excluding carboxylic acids is 1. The van der Waals surface area contributed by atoms with Gasteiger partial charge >= 0.3 is 5.97 Å². The van der Waals surface area contributed by atoms with Gasteiger partial charge in [-0.15, -0.1) is 0 Å². The summed E-state index contributed by atoms with van der Waals surface area (Å²) in [6.07, 6.45) is 1.61. The molecule has 0 aromatic carbocycles. The van der Waals surface area contributed by atoms with Crippen LogP contribution >= 0.6 is 0 Å². The van der Waals surface area contributed by atoms with E-state index < -0.39 is 5.97 Å². The number of aliphatic carboxylic acids is 1. The van der Waals surface area contributed by atoms with E-state index in [1.807, 2.05) is 6.92 Å². The van der Waals surface area contributed by atoms with Gasteiger partial charge in [0, 0.05) is 13.2 Å². The molecule has 2 atom stereocenters. The molecule has 0 spiro atoms. The Kier molecular flexibility index (Phi) is 7.54. The molecule has 0 aromatic heterocycles. The van der Waals surface area contributed by atoms with Crippen molar-refractivity contribution >= 4 is 11.9 Å². The van der Waals surface area contributed by atoms with Crippen LogP contribution in [-0.4, -0.2) is 36.2 Å². The minimum Gasteiger partial charge on any atom is -0.481 e. The van der Waals surface area contributed by atoms with Gasteiger partial charge in [-0.2, -0.15) is 0 Å². The zero-order valence-electron chi connectivity index (χ0n) is 10.2. The Morgan fingerprint density at radius 2 is 2.00 bits per heavy atom. The number of carboxylic acid groups (broad SMARTS) is 1. The van der Waals surface area contributed by atoms with Crippen LogP contribution in [0.5, 0.6) is 0 Å². The predicted octanol–water partition coefficient (Wildman–Crippen LogP) is 1.17. The number of carbonyl (C=O) groups is 2. The summed E-state index contributed by atoms with van der Waals surface area (Å²) >= 11 is 0. The standard InChI is InChI=1S/C11H21NO4/c1-4-5-9(7-11(14)15)12-10(13)6-8(2)16-3/h8-9H,4-7H2,1-3H3,(H,12,13)(H,14,15). The Bertz CT molecular complexity index is 230. The lowest BCUT2D eigenvalue weighted by Gasteiger charge is -2.17. The van der Waals surface area contributed by atoms with E-state index in [4.69, 9.17) is 9.84 Å². The second-order valence-electron chi connectivity index (χ2n) is 3.90. The van der Waals surface area contributed by atoms with E-state index in [9.17, 15) is 9.59 Å². The largest absolute Gasteiger partial charge is 0.481 e. The predicted molar refractivity (Wildman–Crippen MR) is 60.2 cm³/mol. The van der Waals surface area contributed by atoms with Crippen molar-refractivity contribution in [3.8, 4) is 0 Å². The summed E-state index contributed by atoms with van der Waals surface area (Å²) in [5.74, 6) is -1.05. The molecule has 0 aromatic rings. The van der Waals surface area contributed by atoms with Crippen LogP contribution in [0, 0.1) is 0 Å². The van der Waals surface area contributed by atoms with Crippen molar-refractivity contribution in [3.05, 3.63) is 0 Å². The molecule has 0 heterocycles. The van der Waals surface area contributed by atoms with E-state index in [2.05, 4.69) is 5.32 Å². The van der Waals surface area contributed by atoms with E-state index in [1.54, 1.807) is 14.0 Å². The Hall–Kier alpha value is -1.10. The molecular weight excluding hydrogens is 210 g/mol. The van der Waals surface area contributed by atoms with Gasteiger partial charge < -0.3 is 15.2 Å². The zero-order valence-corrected chi connectivity index (χ0v) is 10.2. The molecule has 5 nitrogen and oxygen atoms in total. The molecule has 0 bridgehead atoms. The average Bonchev–Trinajstić information content (AvgIpc) is 2.16. The molecule has 0 radical (unpaired) electrons. The summed E-state index contributed by atoms with van der Waals surface area (Å²) in [5, 5.41) is 11.4. The normalized spacial score (nSPS) is 14.2. The lowest BCUT2D eigenvalue weighted by molar-refractivity contribution is -0.137. The molecule has 2 N–H and O–H groups in total. The third kappa shape index (κ3) is 7.23. The van der Waals surface area contributed by atoms with Crippen LogP contribution < -0.4 is 5.32 Å². The summed E-state index contributed by atoms with van der Waals surface area (Å²) in [6, 6.07) is -0.279. The maximum atomic E-state index is 11.5. The highest BCUT2D eigenvalue weighted by molar-refractivity contribution is 5.77. The minimum absolute atomic E-state index is 0.0268. The highest BCUT2D eigenvalue weighted by atomic mass is 16.5. The molecule has 0 saturated heterocycles. The fourth-order valence-corrected chi connectivity index (χ4v) is 1.42. The summed E-state index contributed by atoms with van der Waals surface area (Å²) < 4.78 is 4.97. The molecule has 2 unspecified atom stereocenters. The van der Waals surface area contributed by atoms with Gasteiger partial charge in [0.15, 0.2) is 0 Å². The fourth-order valence-electron chi connectivity index (χ4n) is 1.42. The van der Waals surface area contributed by atoms with Crippen molar-refractivity contribution in [1.82, 2.24) is 5.32 Å². The molecule has 5 heteroatoms. The topological polar surface area (TPSA) is 75.6 Å². The number of hydrogen-bond acceptors (Lipinski definition) is 3. The third-order valence-electron chi connectivity index (χ3n) is 2.30. The van der Waals surface area contributed by atoms with Gasteiger partial charge in [0.05, 0.1) is 18.9 Å². The van der Waals surface area contributed by atoms with Gasteiger partial charge in [-0.05, 0) is 13.3 Å². The van der Waals surface area contributed by atoms with Gasteiger partial charge in [0.1, 0.15) is 0 Å². The molecule has 94 valence electrons. The van der Waals surface area contributed by atoms with Crippen LogP contribution in [0.25, 0.3) is 0 Å². The van der Waals surface area contributed by atoms with Crippen LogP contribution in [-0.2, 0) is 14.3 Å². The quantitative estimate of drug-likeness (QED) is 0.657. The van der Waals surface area contributed by atoms with Crippen molar-refractivity contribution in [2.24, 2.45) is 0 Å². The first-order valence-corrected chi connectivity index (χ1v) is 5.53. The molecule has 16 heavy (non-hydrogen) atoms. The van der Waals surface area contributed by atoms with Crippen molar-refractivity contribution in [2.75, 3.05) is 7.11 Å². The second-order valence-corrected chi connectivity index (χ2v) is 3.90. The second kappa shape index (κ2) is 8.10. The highest BCUT2D eigenvalue weighted by Gasteiger charge is 2.16. The number of rotatable bonds is 8. The first-order valence-electron chi connectivity index (χ1n) is 5.53. The molecule has 0 aliphatic carbocycles. The zero-order chi connectivity index (χ0) is 12.6. The molecule has 0 fully saturated rings. The van der Waals surface area contributed by atoms with Crippen LogP contribution in [0.15, 0.2) is 0 Å². The number of carboxylic acids is 1. The SMILES string of the molecule is CCCC(CC(=O)O)NC(=O)CC(C)OC. The molecule has 0 rings (SSSR count). The van der Waals surface area contributed by atoms with Crippen LogP contribution in [0.3, 0.4) is 0 Å². The highest BCUT2D eigenvalue weighted by Crippen LogP contribution is 2.03. The first kappa shape index (κ1) is 14.9. The fraction of sp³-hybridized carbons (Fsp3) is 0.818. The maximum absolute atomic E-state index is 11.5. The van der Waals surface area contributed by atoms with Crippen LogP contribution in [0.2, 0.25) is 0 Å². The number of methoxy groups -OCH3 is 1. The Balaban J connectivity index is 4.06. The summed E-state index contributed by atoms with van der Waals surface area (Å²) in [6.45, 7) is 3.75. The number of hydrogen-bond donors (Lipinski definition) is 2. The van der Waals surface area contributed by atoms with Crippen molar-refractivity contribution < 1.29 is 19.4 Å². The smallest absolute Gasteiger partial charge is 0.305 e. The van der Waals surface area contributed by atoms with Gasteiger partial charge in [-0.25, -0.2) is 0 Å². The van der Waals surface area contributed by atoms with Crippen LogP contribution in [0.4, 0.5) is 0 Å². The molecule has 1 amide bonds. The Morgan fingerprint density at radius 3 is 2.44 bits per heavy atom. The number of amides is 1. The number of ether oxygens (including phenoxy) is 1. The Labute approximate surface area is 96.2 Å². The van der Waals surface area contributed by atoms with E-state index >= 15 is 0 Å². The lowest BCUT2D eigenvalue weighted by atomic mass is 10.1. The summed E-state index contributed by atoms with van der Waals surface area (Å²) in [4.78, 5) is 22.1. The van der Waals surface area contributed by atoms with Gasteiger partial charge in [0.2, 0.25) is 5.91 Å². The molecule has 0 aliphatic heterocycles. The minimum atomic E-state index is -0.890. The van der Waals surface area contributed by atoms with Crippen LogP contribution in [0.1, 0.15) is 39.5 Å². The van der Waals surface area contributed by atoms with Gasteiger partial charge in [0.25, 0.3) is 0 Å². The van der Waals surface area contributed by atoms with E-state index in [0.29, 0.717) is 6.42 Å². The van der Waals surface area contributed by atoms with E-state index in [1.165, 1.54) is 0 Å². The van der Waals surface area contributed by atoms with E-state index in [0.717, 1.165) is 6.42 Å². The average molecular weight is 231 g/mol. The summed E-state index contributed by atoms with van der Waals surface area (Å²) in [7, 11) is 1.54. The number of nitrogens with one attached hydrogen (secondary N) is 1. The molecule has 0 aliphatic rings. The van der Waals surface area contributed by atoms with Gasteiger partial charge in [-0.1, -0.05) is 13.3 Å². The molecular formula is C11H21NO4. The van der Waals surface area contributed by atoms with E-state index in [-0.39, 0.29) is 30.9 Å².